The zero-order valence-corrected chi connectivity index (χ0v) is 14.5. The number of nitrogens with one attached hydrogen (secondary N) is 1. The van der Waals surface area contributed by atoms with Gasteiger partial charge in [0.2, 0.25) is 0 Å². The minimum atomic E-state index is -0.443. The summed E-state index contributed by atoms with van der Waals surface area (Å²) in [6, 6.07) is 4.28. The summed E-state index contributed by atoms with van der Waals surface area (Å²) >= 11 is 0. The lowest BCUT2D eigenvalue weighted by molar-refractivity contribution is 0.0265. The average Bonchev–Trinajstić information content (AvgIpc) is 2.52. The highest BCUT2D eigenvalue weighted by molar-refractivity contribution is 5.68. The van der Waals surface area contributed by atoms with Gasteiger partial charge in [0.25, 0.3) is 0 Å². The minimum Gasteiger partial charge on any atom is -0.444 e. The van der Waals surface area contributed by atoms with Crippen LogP contribution in [0.15, 0.2) is 36.2 Å². The fraction of sp³-hybridized carbons (Fsp3) is 0.556. The van der Waals surface area contributed by atoms with Gasteiger partial charge in [-0.1, -0.05) is 17.7 Å². The maximum Gasteiger partial charge on any atom is 0.410 e. The lowest BCUT2D eigenvalue weighted by Crippen LogP contribution is -2.40. The summed E-state index contributed by atoms with van der Waals surface area (Å²) in [7, 11) is 0. The largest absolute Gasteiger partial charge is 0.444 e. The topological polar surface area (TPSA) is 54.5 Å². The van der Waals surface area contributed by atoms with Crippen LogP contribution in [0.1, 0.15) is 45.7 Å². The fourth-order valence-electron chi connectivity index (χ4n) is 2.40. The highest BCUT2D eigenvalue weighted by Crippen LogP contribution is 2.16. The van der Waals surface area contributed by atoms with Crippen LogP contribution in [0.3, 0.4) is 0 Å². The van der Waals surface area contributed by atoms with Crippen molar-refractivity contribution in [3.05, 3.63) is 41.7 Å². The van der Waals surface area contributed by atoms with Crippen LogP contribution in [-0.2, 0) is 4.74 Å². The van der Waals surface area contributed by atoms with Gasteiger partial charge in [0.15, 0.2) is 0 Å². The molecule has 0 bridgehead atoms. The molecule has 2 heterocycles. The van der Waals surface area contributed by atoms with Crippen LogP contribution in [0.2, 0.25) is 0 Å². The molecule has 126 valence electrons. The maximum absolute atomic E-state index is 12.0. The Morgan fingerprint density at radius 1 is 1.48 bits per heavy atom. The van der Waals surface area contributed by atoms with Gasteiger partial charge < -0.3 is 15.0 Å². The van der Waals surface area contributed by atoms with E-state index in [-0.39, 0.29) is 12.1 Å². The van der Waals surface area contributed by atoms with Gasteiger partial charge in [-0.15, -0.1) is 0 Å². The van der Waals surface area contributed by atoms with Crippen LogP contribution in [-0.4, -0.2) is 41.2 Å². The molecule has 0 radical (unpaired) electrons. The maximum atomic E-state index is 12.0. The molecular formula is C18H27N3O2. The number of hydrogen-bond acceptors (Lipinski definition) is 4. The number of rotatable bonds is 4. The molecule has 0 aromatic carbocycles. The van der Waals surface area contributed by atoms with Crippen LogP contribution >= 0.6 is 0 Å². The second-order valence-electron chi connectivity index (χ2n) is 6.93. The number of hydrogen-bond donors (Lipinski definition) is 1. The minimum absolute atomic E-state index is 0.232. The molecule has 5 nitrogen and oxygen atoms in total. The lowest BCUT2D eigenvalue weighted by atomic mass is 10.1. The summed E-state index contributed by atoms with van der Waals surface area (Å²) in [6.07, 6.45) is 6.44. The lowest BCUT2D eigenvalue weighted by Gasteiger charge is -2.30. The van der Waals surface area contributed by atoms with Gasteiger partial charge in [-0.25, -0.2) is 4.79 Å². The van der Waals surface area contributed by atoms with Gasteiger partial charge in [-0.3, -0.25) is 4.98 Å². The fourth-order valence-corrected chi connectivity index (χ4v) is 2.40. The SMILES string of the molecule is CC(NCC1=CCN(C(=O)OC(C)(C)C)CC1)c1cccnc1. The molecule has 23 heavy (non-hydrogen) atoms. The molecular weight excluding hydrogens is 290 g/mol. The molecule has 0 aliphatic carbocycles. The Morgan fingerprint density at radius 2 is 2.26 bits per heavy atom. The van der Waals surface area contributed by atoms with E-state index in [4.69, 9.17) is 4.74 Å². The van der Waals surface area contributed by atoms with E-state index in [1.54, 1.807) is 11.1 Å². The van der Waals surface area contributed by atoms with E-state index in [9.17, 15) is 4.79 Å². The van der Waals surface area contributed by atoms with Crippen molar-refractivity contribution in [1.82, 2.24) is 15.2 Å². The quantitative estimate of drug-likeness (QED) is 0.866. The first-order valence-electron chi connectivity index (χ1n) is 8.14. The van der Waals surface area contributed by atoms with E-state index in [1.807, 2.05) is 33.0 Å². The number of pyridine rings is 1. The Morgan fingerprint density at radius 3 is 2.83 bits per heavy atom. The predicted molar refractivity (Wildman–Crippen MR) is 91.2 cm³/mol. The molecule has 0 saturated heterocycles. The van der Waals surface area contributed by atoms with Crippen molar-refractivity contribution in [1.29, 1.82) is 0 Å². The molecule has 5 heteroatoms. The normalized spacial score (nSPS) is 16.7. The molecule has 1 N–H and O–H groups in total. The number of aromatic nitrogens is 1. The van der Waals surface area contributed by atoms with Crippen LogP contribution in [0, 0.1) is 0 Å². The van der Waals surface area contributed by atoms with E-state index >= 15 is 0 Å². The van der Waals surface area contributed by atoms with Crippen LogP contribution in [0.5, 0.6) is 0 Å². The van der Waals surface area contributed by atoms with Gasteiger partial charge in [-0.05, 0) is 45.7 Å². The van der Waals surface area contributed by atoms with E-state index < -0.39 is 5.60 Å². The van der Waals surface area contributed by atoms with E-state index in [1.165, 1.54) is 11.1 Å². The van der Waals surface area contributed by atoms with Crippen molar-refractivity contribution >= 4 is 6.09 Å². The summed E-state index contributed by atoms with van der Waals surface area (Å²) in [5.41, 5.74) is 2.07. The van der Waals surface area contributed by atoms with Crippen molar-refractivity contribution in [3.63, 3.8) is 0 Å². The zero-order chi connectivity index (χ0) is 16.9. The molecule has 1 aromatic heterocycles. The van der Waals surface area contributed by atoms with Crippen molar-refractivity contribution < 1.29 is 9.53 Å². The summed E-state index contributed by atoms with van der Waals surface area (Å²) in [6.45, 7) is 9.96. The number of ether oxygens (including phenoxy) is 1. The Kier molecular flexibility index (Phi) is 5.77. The third-order valence-corrected chi connectivity index (χ3v) is 3.77. The molecule has 0 spiro atoms. The summed E-state index contributed by atoms with van der Waals surface area (Å²) < 4.78 is 5.40. The van der Waals surface area contributed by atoms with Crippen molar-refractivity contribution in [2.45, 2.75) is 45.8 Å². The molecule has 0 fully saturated rings. The highest BCUT2D eigenvalue weighted by atomic mass is 16.6. The molecule has 1 amide bonds. The van der Waals surface area contributed by atoms with Crippen molar-refractivity contribution in [3.8, 4) is 0 Å². The molecule has 1 aliphatic heterocycles. The molecule has 2 rings (SSSR count). The van der Waals surface area contributed by atoms with Crippen LogP contribution in [0.4, 0.5) is 4.79 Å². The van der Waals surface area contributed by atoms with Crippen molar-refractivity contribution in [2.24, 2.45) is 0 Å². The second-order valence-corrected chi connectivity index (χ2v) is 6.93. The van der Waals surface area contributed by atoms with Gasteiger partial charge in [-0.2, -0.15) is 0 Å². The van der Waals surface area contributed by atoms with Crippen molar-refractivity contribution in [2.75, 3.05) is 19.6 Å². The summed E-state index contributed by atoms with van der Waals surface area (Å²) in [5.74, 6) is 0. The standard InChI is InChI=1S/C18H27N3O2/c1-14(16-6-5-9-19-13-16)20-12-15-7-10-21(11-8-15)17(22)23-18(2,3)4/h5-7,9,13-14,20H,8,10-12H2,1-4H3. The third kappa shape index (κ3) is 5.67. The highest BCUT2D eigenvalue weighted by Gasteiger charge is 2.23. The van der Waals surface area contributed by atoms with E-state index in [0.29, 0.717) is 13.1 Å². The third-order valence-electron chi connectivity index (χ3n) is 3.77. The van der Waals surface area contributed by atoms with Gasteiger partial charge in [0, 0.05) is 38.1 Å². The Labute approximate surface area is 138 Å². The predicted octanol–water partition coefficient (Wildman–Crippen LogP) is 3.30. The number of carbonyl (C=O) groups excluding carboxylic acids is 1. The summed E-state index contributed by atoms with van der Waals surface area (Å²) in [4.78, 5) is 17.9. The zero-order valence-electron chi connectivity index (χ0n) is 14.5. The Bertz CT molecular complexity index is 549. The van der Waals surface area contributed by atoms with Crippen LogP contribution < -0.4 is 5.32 Å². The van der Waals surface area contributed by atoms with E-state index in [2.05, 4.69) is 29.4 Å². The second kappa shape index (κ2) is 7.59. The van der Waals surface area contributed by atoms with Gasteiger partial charge >= 0.3 is 6.09 Å². The average molecular weight is 317 g/mol. The first-order valence-corrected chi connectivity index (χ1v) is 8.14. The molecule has 0 saturated carbocycles. The number of carbonyl (C=O) groups is 1. The van der Waals surface area contributed by atoms with Gasteiger partial charge in [0.05, 0.1) is 0 Å². The van der Waals surface area contributed by atoms with Gasteiger partial charge in [0.1, 0.15) is 5.60 Å². The van der Waals surface area contributed by atoms with Crippen LogP contribution in [0.25, 0.3) is 0 Å². The molecule has 1 aliphatic rings. The monoisotopic (exact) mass is 317 g/mol. The first-order chi connectivity index (χ1) is 10.8. The Hall–Kier alpha value is -1.88. The number of nitrogens with zero attached hydrogens (tertiary/aromatic N) is 2. The smallest absolute Gasteiger partial charge is 0.410 e. The number of amides is 1. The first kappa shape index (κ1) is 17.5. The molecule has 1 unspecified atom stereocenters. The summed E-state index contributed by atoms with van der Waals surface area (Å²) in [5, 5.41) is 3.51. The molecule has 1 atom stereocenters. The molecule has 1 aromatic rings. The van der Waals surface area contributed by atoms with E-state index in [0.717, 1.165) is 13.0 Å². The Balaban J connectivity index is 1.80.